The number of Topliss-reactive ketones (excluding diaryl/α,β-unsaturated/α-hetero) is 2. The number of rotatable bonds is 19. The average Bonchev–Trinajstić information content (AvgIpc) is 1.53. The Morgan fingerprint density at radius 3 is 2.48 bits per heavy atom. The Morgan fingerprint density at radius 2 is 1.76 bits per heavy atom. The summed E-state index contributed by atoms with van der Waals surface area (Å²) in [6.07, 6.45) is 14.8. The third-order valence-corrected chi connectivity index (χ3v) is 19.7. The number of esters is 2. The number of H-pyrrole nitrogens is 1. The summed E-state index contributed by atoms with van der Waals surface area (Å²) in [7, 11) is 4.86. The number of carbonyl (C=O) groups is 6. The number of aromatic nitrogens is 1. The summed E-state index contributed by atoms with van der Waals surface area (Å²) < 4.78 is 18.3. The smallest absolute Gasteiger partial charge is 0.344 e. The summed E-state index contributed by atoms with van der Waals surface area (Å²) in [6, 6.07) is 13.5. The molecule has 442 valence electrons. The highest BCUT2D eigenvalue weighted by atomic mass is 16.6. The minimum Gasteiger partial charge on any atom is -0.496 e. The summed E-state index contributed by atoms with van der Waals surface area (Å²) in [4.78, 5) is 106. The molecule has 0 radical (unpaired) electrons. The van der Waals surface area contributed by atoms with Gasteiger partial charge in [-0.25, -0.2) is 4.79 Å². The number of likely N-dealkylation sites (N-methyl/N-ethyl adjacent to an activating group) is 1. The first-order chi connectivity index (χ1) is 40.2. The molecule has 84 heavy (non-hydrogen) atoms. The van der Waals surface area contributed by atoms with Crippen LogP contribution in [0.25, 0.3) is 10.9 Å². The van der Waals surface area contributed by atoms with Gasteiger partial charge in [-0.05, 0) is 111 Å². The third kappa shape index (κ3) is 9.50. The molecule has 19 heteroatoms. The van der Waals surface area contributed by atoms with Crippen LogP contribution < -0.4 is 9.64 Å². The van der Waals surface area contributed by atoms with E-state index in [1.807, 2.05) is 31.0 Å². The Labute approximate surface area is 488 Å². The Bertz CT molecular complexity index is 3510. The molecule has 3 aromatic carbocycles. The first kappa shape index (κ1) is 58.2. The fourth-order valence-electron chi connectivity index (χ4n) is 16.2. The van der Waals surface area contributed by atoms with Crippen molar-refractivity contribution in [2.75, 3.05) is 72.0 Å². The molecule has 1 saturated heterocycles. The lowest BCUT2D eigenvalue weighted by molar-refractivity contribution is -0.385. The number of unbranched alkanes of at least 4 members (excludes halogenated alkanes) is 2. The number of amides is 2. The second kappa shape index (κ2) is 22.4. The lowest BCUT2D eigenvalue weighted by Crippen LogP contribution is -2.81. The van der Waals surface area contributed by atoms with Crippen molar-refractivity contribution in [3.8, 4) is 5.75 Å². The van der Waals surface area contributed by atoms with Crippen LogP contribution in [0.4, 0.5) is 11.4 Å². The first-order valence-corrected chi connectivity index (χ1v) is 29.5. The second-order valence-corrected chi connectivity index (χ2v) is 24.4. The summed E-state index contributed by atoms with van der Waals surface area (Å²) in [5.74, 6) is -1.97. The molecule has 2 bridgehead atoms. The average molecular weight is 1150 g/mol. The summed E-state index contributed by atoms with van der Waals surface area (Å²) >= 11 is 0. The van der Waals surface area contributed by atoms with Gasteiger partial charge in [-0.15, -0.1) is 0 Å². The van der Waals surface area contributed by atoms with Gasteiger partial charge in [0.1, 0.15) is 18.1 Å². The Hall–Kier alpha value is -7.61. The molecule has 1 aromatic heterocycles. The van der Waals surface area contributed by atoms with E-state index >= 15 is 0 Å². The van der Waals surface area contributed by atoms with Crippen molar-refractivity contribution < 1.29 is 53.0 Å². The van der Waals surface area contributed by atoms with Crippen molar-refractivity contribution in [1.29, 1.82) is 0 Å². The second-order valence-electron chi connectivity index (χ2n) is 24.4. The zero-order valence-electron chi connectivity index (χ0n) is 49.0. The molecule has 2 N–H and O–H groups in total. The van der Waals surface area contributed by atoms with Crippen molar-refractivity contribution in [3.05, 3.63) is 134 Å². The van der Waals surface area contributed by atoms with E-state index in [9.17, 15) is 44.0 Å². The normalized spacial score (nSPS) is 28.5. The molecule has 1 spiro atoms. The van der Waals surface area contributed by atoms with Gasteiger partial charge in [0.05, 0.1) is 30.7 Å². The Kier molecular flexibility index (Phi) is 15.5. The monoisotopic (exact) mass is 1150 g/mol. The minimum absolute atomic E-state index is 0.0407. The molecule has 6 aliphatic heterocycles. The molecule has 2 fully saturated rings. The van der Waals surface area contributed by atoms with Gasteiger partial charge in [0, 0.05) is 140 Å². The first-order valence-electron chi connectivity index (χ1n) is 29.5. The number of benzene rings is 3. The fraction of sp³-hybridized carbons (Fsp3) is 0.492. The van der Waals surface area contributed by atoms with E-state index < -0.39 is 62.3 Å². The highest BCUT2D eigenvalue weighted by molar-refractivity contribution is 6.12. The number of aromatic amines is 1. The van der Waals surface area contributed by atoms with Crippen molar-refractivity contribution in [2.24, 2.45) is 16.3 Å². The van der Waals surface area contributed by atoms with E-state index in [1.54, 1.807) is 19.4 Å². The Balaban J connectivity index is 0.917. The number of carbonyl (C=O) groups excluding carboxylic acids is 6. The quantitative estimate of drug-likeness (QED) is 0.0136. The number of anilines is 1. The SMILES string of the molecule is CCC1=C[C@H]2CN(CCc3c([nH]c4ccc(C=NCC(=O)c5ccc(CC(=O)CCCCCN6C(=O)C=CC6=O)cc5[N+](=O)[O-])cc34)[C@@](C)(c3cc4c(cc3OC)N(C)[C@H]3[C@@](O)(C(=O)OC)[C@H](OC(C)=O)[C@]5(CC)C=CCN6CC[C@]43[C@@H]65)C2)C1. The van der Waals surface area contributed by atoms with Crippen molar-refractivity contribution in [1.82, 2.24) is 19.7 Å². The number of ether oxygens (including phenoxy) is 3. The molecular formula is C65H75N7O12. The molecule has 19 nitrogen and oxygen atoms in total. The van der Waals surface area contributed by atoms with Gasteiger partial charge in [0.15, 0.2) is 11.9 Å². The number of hydrogen-bond acceptors (Lipinski definition) is 16. The minimum atomic E-state index is -2.28. The van der Waals surface area contributed by atoms with Crippen LogP contribution in [-0.4, -0.2) is 162 Å². The molecule has 1 aliphatic carbocycles. The van der Waals surface area contributed by atoms with Gasteiger partial charge in [-0.3, -0.25) is 53.8 Å². The standard InChI is InChI=1S/C65H75N7O12/c1-8-40-28-43-34-62(4,49-32-48-52(33-54(49)82-6)68(5)59-64(48)23-27-70-24-13-22-63(9-2,58(64)70)60(84-39(3)73)65(59,79)61(78)83-7)57-45(21-26-69(37-40)38-43)47-30-42(16-18-50(47)67-57)35-66-36-53(75)46-17-15-41(31-51(46)72(80)81)29-44(74)14-11-10-12-25-71-55(76)19-20-56(71)77/h13,15-20,22,28,30-33,35,43,58-60,67,79H,8-12,14,21,23-27,29,34,36-38H2,1-7H3/t43-,58+,59-,60-,62-,63-,64-,65+/m1/s1. The van der Waals surface area contributed by atoms with Gasteiger partial charge in [-0.1, -0.05) is 56.2 Å². The maximum atomic E-state index is 14.6. The molecular weight excluding hydrogens is 1070 g/mol. The van der Waals surface area contributed by atoms with Crippen LogP contribution >= 0.6 is 0 Å². The maximum Gasteiger partial charge on any atom is 0.344 e. The molecule has 7 aliphatic rings. The number of fused-ring (bicyclic) bond motifs is 6. The highest BCUT2D eigenvalue weighted by Crippen LogP contribution is 2.68. The van der Waals surface area contributed by atoms with Crippen molar-refractivity contribution in [2.45, 2.75) is 127 Å². The summed E-state index contributed by atoms with van der Waals surface area (Å²) in [5, 5.41) is 26.8. The van der Waals surface area contributed by atoms with E-state index in [4.69, 9.17) is 14.2 Å². The van der Waals surface area contributed by atoms with Gasteiger partial charge >= 0.3 is 11.9 Å². The number of nitro benzene ring substituents is 1. The predicted molar refractivity (Wildman–Crippen MR) is 316 cm³/mol. The number of nitrogens with zero attached hydrogens (tertiary/aromatic N) is 6. The Morgan fingerprint density at radius 1 is 0.976 bits per heavy atom. The number of methoxy groups -OCH3 is 2. The van der Waals surface area contributed by atoms with Gasteiger partial charge < -0.3 is 29.2 Å². The molecule has 11 rings (SSSR count). The zero-order chi connectivity index (χ0) is 59.6. The number of ketones is 2. The molecule has 4 aromatic rings. The van der Waals surface area contributed by atoms with E-state index in [2.05, 4.69) is 70.1 Å². The predicted octanol–water partition coefficient (Wildman–Crippen LogP) is 7.45. The zero-order valence-corrected chi connectivity index (χ0v) is 49.0. The van der Waals surface area contributed by atoms with Crippen LogP contribution in [0.1, 0.15) is 123 Å². The maximum absolute atomic E-state index is 14.6. The van der Waals surface area contributed by atoms with Crippen molar-refractivity contribution >= 4 is 63.8 Å². The molecule has 2 amide bonds. The van der Waals surface area contributed by atoms with Crippen LogP contribution in [-0.2, 0) is 57.1 Å². The van der Waals surface area contributed by atoms with E-state index in [0.717, 1.165) is 88.3 Å². The molecule has 7 heterocycles. The van der Waals surface area contributed by atoms with Crippen LogP contribution in [0.5, 0.6) is 5.75 Å². The van der Waals surface area contributed by atoms with Gasteiger partial charge in [-0.2, -0.15) is 0 Å². The molecule has 1 unspecified atom stereocenters. The van der Waals surface area contributed by atoms with E-state index in [1.165, 1.54) is 43.9 Å². The number of nitrogens with one attached hydrogen (secondary N) is 1. The van der Waals surface area contributed by atoms with Crippen LogP contribution in [0.15, 0.2) is 89.5 Å². The lowest BCUT2D eigenvalue weighted by Gasteiger charge is -2.63. The number of aliphatic hydroxyl groups is 1. The molecule has 1 saturated carbocycles. The van der Waals surface area contributed by atoms with Gasteiger partial charge in [0.2, 0.25) is 5.60 Å². The van der Waals surface area contributed by atoms with E-state index in [-0.39, 0.29) is 61.1 Å². The highest BCUT2D eigenvalue weighted by Gasteiger charge is 2.80. The van der Waals surface area contributed by atoms with Crippen molar-refractivity contribution in [3.63, 3.8) is 0 Å². The van der Waals surface area contributed by atoms with E-state index in [0.29, 0.717) is 56.5 Å². The number of nitro groups is 1. The van der Waals surface area contributed by atoms with Crippen LogP contribution in [0.2, 0.25) is 0 Å². The summed E-state index contributed by atoms with van der Waals surface area (Å²) in [5.41, 5.74) is 3.14. The van der Waals surface area contributed by atoms with Crippen LogP contribution in [0.3, 0.4) is 0 Å². The lowest BCUT2D eigenvalue weighted by atomic mass is 9.47. The fourth-order valence-corrected chi connectivity index (χ4v) is 16.2. The third-order valence-electron chi connectivity index (χ3n) is 19.7. The largest absolute Gasteiger partial charge is 0.496 e. The number of imide groups is 1. The van der Waals surface area contributed by atoms with Crippen LogP contribution in [0, 0.1) is 21.4 Å². The topological polar surface area (TPSA) is 235 Å². The number of hydrogen-bond donors (Lipinski definition) is 2. The summed E-state index contributed by atoms with van der Waals surface area (Å²) in [6.45, 7) is 11.7. The number of aliphatic imine (C=N–C) groups is 1. The van der Waals surface area contributed by atoms with Gasteiger partial charge in [0.25, 0.3) is 17.5 Å². The molecule has 9 atom stereocenters.